The van der Waals surface area contributed by atoms with Gasteiger partial charge in [0.15, 0.2) is 0 Å². The molecule has 84 valence electrons. The minimum Gasteiger partial charge on any atom is -0.297 e. The zero-order valence-corrected chi connectivity index (χ0v) is 10.8. The molecule has 2 aliphatic rings. The average molecular weight is 280 g/mol. The summed E-state index contributed by atoms with van der Waals surface area (Å²) in [7, 11) is 2.22. The summed E-state index contributed by atoms with van der Waals surface area (Å²) in [6, 6.07) is 3.25. The molecule has 2 bridgehead atoms. The summed E-state index contributed by atoms with van der Waals surface area (Å²) < 4.78 is 1.05. The van der Waals surface area contributed by atoms with E-state index < -0.39 is 0 Å². The van der Waals surface area contributed by atoms with Gasteiger partial charge < -0.3 is 0 Å². The van der Waals surface area contributed by atoms with Gasteiger partial charge in [0.25, 0.3) is 0 Å². The van der Waals surface area contributed by atoms with E-state index in [0.29, 0.717) is 12.1 Å². The summed E-state index contributed by atoms with van der Waals surface area (Å²) in [4.78, 5) is 2.48. The predicted octanol–water partition coefficient (Wildman–Crippen LogP) is 2.49. The van der Waals surface area contributed by atoms with Crippen molar-refractivity contribution >= 4 is 21.5 Å². The Morgan fingerprint density at radius 2 is 2.31 bits per heavy atom. The average Bonchev–Trinajstić information content (AvgIpc) is 2.53. The molecular formula is C12H14BrN3. The van der Waals surface area contributed by atoms with E-state index in [2.05, 4.69) is 44.2 Å². The summed E-state index contributed by atoms with van der Waals surface area (Å²) in [6.45, 7) is 0. The van der Waals surface area contributed by atoms with Crippen LogP contribution < -0.4 is 0 Å². The van der Waals surface area contributed by atoms with Crippen LogP contribution in [0.3, 0.4) is 0 Å². The van der Waals surface area contributed by atoms with Gasteiger partial charge in [-0.25, -0.2) is 0 Å². The van der Waals surface area contributed by atoms with Crippen molar-refractivity contribution in [3.63, 3.8) is 0 Å². The lowest BCUT2D eigenvalue weighted by Crippen LogP contribution is -2.34. The first-order chi connectivity index (χ1) is 7.75. The van der Waals surface area contributed by atoms with Gasteiger partial charge in [-0.15, -0.1) is 5.10 Å². The number of likely N-dealkylation sites (N-methyl/N-ethyl adjacent to an activating group) is 1. The maximum atomic E-state index is 4.24. The highest BCUT2D eigenvalue weighted by atomic mass is 79.9. The van der Waals surface area contributed by atoms with Gasteiger partial charge in [0.2, 0.25) is 0 Å². The Labute approximate surface area is 104 Å². The third kappa shape index (κ3) is 1.60. The van der Waals surface area contributed by atoms with Gasteiger partial charge in [-0.2, -0.15) is 5.10 Å². The highest BCUT2D eigenvalue weighted by Crippen LogP contribution is 2.38. The van der Waals surface area contributed by atoms with Gasteiger partial charge in [-0.3, -0.25) is 4.90 Å². The molecule has 0 spiro atoms. The Hall–Kier alpha value is -0.740. The first kappa shape index (κ1) is 10.4. The molecule has 16 heavy (non-hydrogen) atoms. The van der Waals surface area contributed by atoms with E-state index in [1.807, 2.05) is 6.07 Å². The number of nitrogens with zero attached hydrogens (tertiary/aromatic N) is 3. The zero-order valence-electron chi connectivity index (χ0n) is 9.23. The highest BCUT2D eigenvalue weighted by Gasteiger charge is 2.34. The van der Waals surface area contributed by atoms with Crippen LogP contribution in [0, 0.1) is 0 Å². The number of aromatic nitrogens is 2. The van der Waals surface area contributed by atoms with Crippen molar-refractivity contribution in [3.8, 4) is 0 Å². The molecule has 3 rings (SSSR count). The molecule has 1 aromatic heterocycles. The first-order valence-electron chi connectivity index (χ1n) is 5.66. The molecule has 0 N–H and O–H groups in total. The second-order valence-corrected chi connectivity index (χ2v) is 5.44. The van der Waals surface area contributed by atoms with Gasteiger partial charge in [-0.1, -0.05) is 6.08 Å². The topological polar surface area (TPSA) is 29.0 Å². The normalized spacial score (nSPS) is 29.2. The maximum Gasteiger partial charge on any atom is 0.103 e. The standard InChI is InChI=1S/C12H14BrN3/c1-16-9-2-3-10(16)7-8(6-9)12-11(13)4-5-14-15-12/h4-6,9-10H,2-3,7H2,1H3. The molecule has 2 unspecified atom stereocenters. The van der Waals surface area contributed by atoms with Crippen molar-refractivity contribution in [2.45, 2.75) is 31.3 Å². The Morgan fingerprint density at radius 3 is 3.06 bits per heavy atom. The number of fused-ring (bicyclic) bond motifs is 2. The number of halogens is 1. The van der Waals surface area contributed by atoms with Crippen molar-refractivity contribution < 1.29 is 0 Å². The molecule has 2 atom stereocenters. The molecule has 1 aromatic rings. The molecule has 3 heterocycles. The maximum absolute atomic E-state index is 4.24. The second kappa shape index (κ2) is 3.93. The second-order valence-electron chi connectivity index (χ2n) is 4.59. The number of rotatable bonds is 1. The molecule has 3 nitrogen and oxygen atoms in total. The Balaban J connectivity index is 1.98. The van der Waals surface area contributed by atoms with Crippen molar-refractivity contribution in [1.82, 2.24) is 15.1 Å². The van der Waals surface area contributed by atoms with Crippen molar-refractivity contribution in [1.29, 1.82) is 0 Å². The van der Waals surface area contributed by atoms with Crippen LogP contribution in [0.5, 0.6) is 0 Å². The predicted molar refractivity (Wildman–Crippen MR) is 66.9 cm³/mol. The van der Waals surface area contributed by atoms with Crippen LogP contribution in [-0.4, -0.2) is 34.2 Å². The lowest BCUT2D eigenvalue weighted by atomic mass is 9.99. The van der Waals surface area contributed by atoms with Crippen LogP contribution in [-0.2, 0) is 0 Å². The van der Waals surface area contributed by atoms with E-state index >= 15 is 0 Å². The summed E-state index contributed by atoms with van der Waals surface area (Å²) in [6.07, 6.45) is 7.77. The molecule has 0 saturated carbocycles. The van der Waals surface area contributed by atoms with E-state index in [-0.39, 0.29) is 0 Å². The van der Waals surface area contributed by atoms with E-state index in [4.69, 9.17) is 0 Å². The lowest BCUT2D eigenvalue weighted by molar-refractivity contribution is 0.264. The Bertz CT molecular complexity index is 444. The van der Waals surface area contributed by atoms with Crippen LogP contribution in [0.2, 0.25) is 0 Å². The van der Waals surface area contributed by atoms with E-state index in [1.54, 1.807) is 6.20 Å². The fourth-order valence-electron chi connectivity index (χ4n) is 2.75. The largest absolute Gasteiger partial charge is 0.297 e. The summed E-state index contributed by atoms with van der Waals surface area (Å²) in [5.41, 5.74) is 2.37. The molecule has 1 saturated heterocycles. The van der Waals surface area contributed by atoms with Crippen LogP contribution in [0.15, 0.2) is 22.8 Å². The van der Waals surface area contributed by atoms with E-state index in [1.165, 1.54) is 18.4 Å². The third-order valence-electron chi connectivity index (χ3n) is 3.72. The highest BCUT2D eigenvalue weighted by molar-refractivity contribution is 9.10. The van der Waals surface area contributed by atoms with Crippen molar-refractivity contribution in [2.24, 2.45) is 0 Å². The van der Waals surface area contributed by atoms with Crippen LogP contribution in [0.4, 0.5) is 0 Å². The third-order valence-corrected chi connectivity index (χ3v) is 4.36. The van der Waals surface area contributed by atoms with Crippen LogP contribution in [0.1, 0.15) is 25.0 Å². The fraction of sp³-hybridized carbons (Fsp3) is 0.500. The zero-order chi connectivity index (χ0) is 11.1. The van der Waals surface area contributed by atoms with Gasteiger partial charge in [0.05, 0.1) is 6.20 Å². The Morgan fingerprint density at radius 1 is 1.44 bits per heavy atom. The minimum atomic E-state index is 0.600. The lowest BCUT2D eigenvalue weighted by Gasteiger charge is -2.30. The quantitative estimate of drug-likeness (QED) is 0.791. The van der Waals surface area contributed by atoms with Gasteiger partial charge >= 0.3 is 0 Å². The van der Waals surface area contributed by atoms with Crippen LogP contribution in [0.25, 0.3) is 5.57 Å². The van der Waals surface area contributed by atoms with E-state index in [9.17, 15) is 0 Å². The van der Waals surface area contributed by atoms with Gasteiger partial charge in [0, 0.05) is 16.6 Å². The molecule has 1 fully saturated rings. The smallest absolute Gasteiger partial charge is 0.103 e. The van der Waals surface area contributed by atoms with Crippen molar-refractivity contribution in [3.05, 3.63) is 28.5 Å². The minimum absolute atomic E-state index is 0.600. The molecule has 2 aliphatic heterocycles. The first-order valence-corrected chi connectivity index (χ1v) is 6.45. The molecule has 0 amide bonds. The molecule has 0 aromatic carbocycles. The number of hydrogen-bond acceptors (Lipinski definition) is 3. The summed E-state index contributed by atoms with van der Waals surface area (Å²) >= 11 is 3.55. The summed E-state index contributed by atoms with van der Waals surface area (Å²) in [5, 5.41) is 8.22. The molecule has 0 radical (unpaired) electrons. The Kier molecular flexibility index (Phi) is 2.56. The van der Waals surface area contributed by atoms with Gasteiger partial charge in [0.1, 0.15) is 5.69 Å². The molecule has 4 heteroatoms. The van der Waals surface area contributed by atoms with Crippen molar-refractivity contribution in [2.75, 3.05) is 7.05 Å². The fourth-order valence-corrected chi connectivity index (χ4v) is 3.20. The number of hydrogen-bond donors (Lipinski definition) is 0. The van der Waals surface area contributed by atoms with Crippen LogP contribution >= 0.6 is 15.9 Å². The monoisotopic (exact) mass is 279 g/mol. The van der Waals surface area contributed by atoms with Gasteiger partial charge in [-0.05, 0) is 53.9 Å². The SMILES string of the molecule is CN1C2C=C(c3nnccc3Br)CC1CC2. The summed E-state index contributed by atoms with van der Waals surface area (Å²) in [5.74, 6) is 0. The molecular weight excluding hydrogens is 266 g/mol. The van der Waals surface area contributed by atoms with E-state index in [0.717, 1.165) is 16.6 Å². The molecule has 0 aliphatic carbocycles.